The van der Waals surface area contributed by atoms with E-state index in [0.717, 1.165) is 4.88 Å². The van der Waals surface area contributed by atoms with Crippen LogP contribution in [0.5, 0.6) is 0 Å². The van der Waals surface area contributed by atoms with Gasteiger partial charge in [-0.1, -0.05) is 12.1 Å². The van der Waals surface area contributed by atoms with E-state index >= 15 is 0 Å². The number of rotatable bonds is 5. The first-order chi connectivity index (χ1) is 11.5. The fraction of sp³-hybridized carbons (Fsp3) is 0.438. The minimum absolute atomic E-state index is 0.0443. The maximum atomic E-state index is 12.5. The number of urea groups is 1. The van der Waals surface area contributed by atoms with E-state index in [2.05, 4.69) is 11.9 Å². The number of aliphatic carboxylic acids is 1. The van der Waals surface area contributed by atoms with E-state index in [1.54, 1.807) is 6.08 Å². The number of thiophene rings is 1. The van der Waals surface area contributed by atoms with Crippen molar-refractivity contribution >= 4 is 29.2 Å². The fourth-order valence-corrected chi connectivity index (χ4v) is 4.11. The van der Waals surface area contributed by atoms with Crippen LogP contribution >= 0.6 is 11.3 Å². The molecule has 24 heavy (non-hydrogen) atoms. The molecule has 2 aliphatic rings. The number of carboxylic acid groups (broad SMARTS) is 1. The predicted octanol–water partition coefficient (Wildman–Crippen LogP) is 0.989. The van der Waals surface area contributed by atoms with Gasteiger partial charge in [-0.05, 0) is 11.4 Å². The molecule has 2 aliphatic heterocycles. The number of nitrogens with zero attached hydrogens (tertiary/aromatic N) is 2. The SMILES string of the molecule is C=CCN1C[C@]2(C(=O)O)CN(C(=O)NCc3cccs3)C[C@@H]2C1=O. The van der Waals surface area contributed by atoms with Crippen LogP contribution in [-0.2, 0) is 16.1 Å². The van der Waals surface area contributed by atoms with E-state index in [1.807, 2.05) is 17.5 Å². The summed E-state index contributed by atoms with van der Waals surface area (Å²) in [6, 6.07) is 3.49. The summed E-state index contributed by atoms with van der Waals surface area (Å²) in [5.74, 6) is -1.94. The highest BCUT2D eigenvalue weighted by Gasteiger charge is 2.62. The molecule has 0 unspecified atom stereocenters. The zero-order chi connectivity index (χ0) is 17.3. The van der Waals surface area contributed by atoms with Crippen molar-refractivity contribution in [1.29, 1.82) is 0 Å². The lowest BCUT2D eigenvalue weighted by Crippen LogP contribution is -2.44. The van der Waals surface area contributed by atoms with Crippen LogP contribution in [0.4, 0.5) is 4.79 Å². The summed E-state index contributed by atoms with van der Waals surface area (Å²) in [5.41, 5.74) is -1.22. The number of hydrogen-bond donors (Lipinski definition) is 2. The van der Waals surface area contributed by atoms with Gasteiger partial charge < -0.3 is 20.2 Å². The molecule has 0 bridgehead atoms. The third kappa shape index (κ3) is 2.66. The van der Waals surface area contributed by atoms with Gasteiger partial charge in [0.25, 0.3) is 0 Å². The van der Waals surface area contributed by atoms with Gasteiger partial charge >= 0.3 is 12.0 Å². The predicted molar refractivity (Wildman–Crippen MR) is 88.5 cm³/mol. The first-order valence-electron chi connectivity index (χ1n) is 7.66. The van der Waals surface area contributed by atoms with Gasteiger partial charge in [0.1, 0.15) is 5.41 Å². The molecule has 0 aromatic carbocycles. The maximum absolute atomic E-state index is 12.5. The summed E-state index contributed by atoms with van der Waals surface area (Å²) in [6.07, 6.45) is 1.58. The van der Waals surface area contributed by atoms with E-state index in [1.165, 1.54) is 21.1 Å². The van der Waals surface area contributed by atoms with Crippen LogP contribution < -0.4 is 5.32 Å². The first kappa shape index (κ1) is 16.5. The Morgan fingerprint density at radius 2 is 2.29 bits per heavy atom. The molecule has 3 amide bonds. The largest absolute Gasteiger partial charge is 0.481 e. The molecule has 2 saturated heterocycles. The number of fused-ring (bicyclic) bond motifs is 1. The molecule has 1 aromatic heterocycles. The van der Waals surface area contributed by atoms with Crippen molar-refractivity contribution in [3.05, 3.63) is 35.0 Å². The molecule has 128 valence electrons. The third-order valence-electron chi connectivity index (χ3n) is 4.68. The van der Waals surface area contributed by atoms with Crippen molar-refractivity contribution in [2.24, 2.45) is 11.3 Å². The normalized spacial score (nSPS) is 25.7. The van der Waals surface area contributed by atoms with E-state index in [-0.39, 0.29) is 31.6 Å². The van der Waals surface area contributed by atoms with Crippen LogP contribution in [-0.4, -0.2) is 59.0 Å². The van der Waals surface area contributed by atoms with E-state index in [9.17, 15) is 19.5 Å². The Morgan fingerprint density at radius 3 is 2.88 bits per heavy atom. The number of carboxylic acids is 1. The second-order valence-electron chi connectivity index (χ2n) is 6.14. The first-order valence-corrected chi connectivity index (χ1v) is 8.54. The molecule has 2 fully saturated rings. The molecule has 0 aliphatic carbocycles. The minimum Gasteiger partial charge on any atom is -0.481 e. The fourth-order valence-electron chi connectivity index (χ4n) is 3.46. The lowest BCUT2D eigenvalue weighted by molar-refractivity contribution is -0.149. The summed E-state index contributed by atoms with van der Waals surface area (Å²) in [7, 11) is 0. The average Bonchev–Trinajstić information content (AvgIpc) is 3.24. The van der Waals surface area contributed by atoms with Crippen molar-refractivity contribution in [2.45, 2.75) is 6.54 Å². The zero-order valence-corrected chi connectivity index (χ0v) is 13.9. The van der Waals surface area contributed by atoms with Crippen LogP contribution in [0.15, 0.2) is 30.2 Å². The second kappa shape index (κ2) is 6.27. The number of carbonyl (C=O) groups is 3. The van der Waals surface area contributed by atoms with Crippen LogP contribution in [0.3, 0.4) is 0 Å². The minimum atomic E-state index is -1.22. The molecular formula is C16H19N3O4S. The summed E-state index contributed by atoms with van der Waals surface area (Å²) < 4.78 is 0. The quantitative estimate of drug-likeness (QED) is 0.776. The summed E-state index contributed by atoms with van der Waals surface area (Å²) in [6.45, 7) is 4.62. The Morgan fingerprint density at radius 1 is 1.50 bits per heavy atom. The van der Waals surface area contributed by atoms with Crippen molar-refractivity contribution in [3.8, 4) is 0 Å². The molecule has 7 nitrogen and oxygen atoms in total. The molecular weight excluding hydrogens is 330 g/mol. The van der Waals surface area contributed by atoms with Gasteiger partial charge in [0.2, 0.25) is 5.91 Å². The molecule has 1 aromatic rings. The Hall–Kier alpha value is -2.35. The maximum Gasteiger partial charge on any atom is 0.317 e. The van der Waals surface area contributed by atoms with Crippen LogP contribution in [0.1, 0.15) is 4.88 Å². The number of likely N-dealkylation sites (tertiary alicyclic amines) is 2. The van der Waals surface area contributed by atoms with Gasteiger partial charge in [-0.2, -0.15) is 0 Å². The van der Waals surface area contributed by atoms with Crippen LogP contribution in [0.2, 0.25) is 0 Å². The highest BCUT2D eigenvalue weighted by molar-refractivity contribution is 7.09. The Bertz CT molecular complexity index is 675. The Labute approximate surface area is 143 Å². The van der Waals surface area contributed by atoms with Crippen molar-refractivity contribution < 1.29 is 19.5 Å². The summed E-state index contributed by atoms with van der Waals surface area (Å²) in [5, 5.41) is 14.4. The number of carbonyl (C=O) groups excluding carboxylic acids is 2. The second-order valence-corrected chi connectivity index (χ2v) is 7.17. The average molecular weight is 349 g/mol. The monoisotopic (exact) mass is 349 g/mol. The molecule has 8 heteroatoms. The van der Waals surface area contributed by atoms with Crippen molar-refractivity contribution in [1.82, 2.24) is 15.1 Å². The smallest absolute Gasteiger partial charge is 0.317 e. The Balaban J connectivity index is 1.70. The molecule has 2 N–H and O–H groups in total. The third-order valence-corrected chi connectivity index (χ3v) is 5.56. The summed E-state index contributed by atoms with van der Waals surface area (Å²) in [4.78, 5) is 40.6. The van der Waals surface area contributed by atoms with Gasteiger partial charge in [-0.3, -0.25) is 9.59 Å². The van der Waals surface area contributed by atoms with Crippen molar-refractivity contribution in [2.75, 3.05) is 26.2 Å². The van der Waals surface area contributed by atoms with Gasteiger partial charge in [-0.15, -0.1) is 17.9 Å². The molecule has 0 spiro atoms. The van der Waals surface area contributed by atoms with E-state index in [0.29, 0.717) is 13.1 Å². The van der Waals surface area contributed by atoms with Gasteiger partial charge in [0.05, 0.1) is 12.5 Å². The van der Waals surface area contributed by atoms with E-state index < -0.39 is 17.3 Å². The standard InChI is InChI=1S/C16H19N3O4S/c1-2-5-18-9-16(14(21)22)10-19(8-12(16)13(18)20)15(23)17-7-11-4-3-6-24-11/h2-4,6,12H,1,5,7-10H2,(H,17,23)(H,21,22)/t12-,16+/m1/s1. The highest BCUT2D eigenvalue weighted by Crippen LogP contribution is 2.43. The molecule has 0 radical (unpaired) electrons. The number of amides is 3. The van der Waals surface area contributed by atoms with Crippen LogP contribution in [0, 0.1) is 11.3 Å². The summed E-state index contributed by atoms with van der Waals surface area (Å²) >= 11 is 1.54. The van der Waals surface area contributed by atoms with Crippen LogP contribution in [0.25, 0.3) is 0 Å². The molecule has 0 saturated carbocycles. The lowest BCUT2D eigenvalue weighted by Gasteiger charge is -2.24. The topological polar surface area (TPSA) is 90.0 Å². The zero-order valence-electron chi connectivity index (χ0n) is 13.1. The lowest BCUT2D eigenvalue weighted by atomic mass is 9.81. The van der Waals surface area contributed by atoms with Gasteiger partial charge in [0.15, 0.2) is 0 Å². The van der Waals surface area contributed by atoms with Gasteiger partial charge in [0, 0.05) is 31.1 Å². The molecule has 3 heterocycles. The van der Waals surface area contributed by atoms with Crippen molar-refractivity contribution in [3.63, 3.8) is 0 Å². The Kier molecular flexibility index (Phi) is 4.31. The molecule has 3 rings (SSSR count). The van der Waals surface area contributed by atoms with Gasteiger partial charge in [-0.25, -0.2) is 4.79 Å². The van der Waals surface area contributed by atoms with E-state index in [4.69, 9.17) is 0 Å². The number of nitrogens with one attached hydrogen (secondary N) is 1. The number of hydrogen-bond acceptors (Lipinski definition) is 4. The highest BCUT2D eigenvalue weighted by atomic mass is 32.1. The molecule has 2 atom stereocenters.